The van der Waals surface area contributed by atoms with E-state index in [1.165, 1.54) is 38.5 Å². The molecule has 6 heteroatoms. The smallest absolute Gasteiger partial charge is 0.326 e. The zero-order chi connectivity index (χ0) is 25.9. The number of carbonyl (C=O) groups is 2. The van der Waals surface area contributed by atoms with Gasteiger partial charge in [-0.1, -0.05) is 74.9 Å². The molecule has 0 aliphatic heterocycles. The van der Waals surface area contributed by atoms with Crippen LogP contribution in [0.5, 0.6) is 0 Å². The molecule has 0 aromatic heterocycles. The van der Waals surface area contributed by atoms with E-state index in [0.717, 1.165) is 41.0 Å². The van der Waals surface area contributed by atoms with Gasteiger partial charge in [0.15, 0.2) is 0 Å². The number of aliphatic carboxylic acids is 1. The first-order valence-corrected chi connectivity index (χ1v) is 14.6. The summed E-state index contributed by atoms with van der Waals surface area (Å²) in [6, 6.07) is 12.8. The number of aliphatic hydroxyl groups is 1. The SMILES string of the molecule is CSCC[C@H](NC(=O)c1ccc(CC(CO)CCC2CCCCC2)cc1-c1ccccc1C)C(=O)O. The van der Waals surface area contributed by atoms with E-state index in [4.69, 9.17) is 0 Å². The molecule has 3 rings (SSSR count). The first kappa shape index (κ1) is 28.3. The van der Waals surface area contributed by atoms with E-state index in [-0.39, 0.29) is 18.4 Å². The number of aryl methyl sites for hydroxylation is 1. The number of benzene rings is 2. The highest BCUT2D eigenvalue weighted by molar-refractivity contribution is 7.98. The van der Waals surface area contributed by atoms with Crippen LogP contribution >= 0.6 is 11.8 Å². The lowest BCUT2D eigenvalue weighted by molar-refractivity contribution is -0.139. The minimum absolute atomic E-state index is 0.157. The van der Waals surface area contributed by atoms with Gasteiger partial charge in [0.1, 0.15) is 6.04 Å². The average molecular weight is 512 g/mol. The lowest BCUT2D eigenvalue weighted by atomic mass is 9.83. The van der Waals surface area contributed by atoms with Crippen molar-refractivity contribution >= 4 is 23.6 Å². The number of carboxylic acids is 1. The first-order chi connectivity index (χ1) is 17.4. The minimum Gasteiger partial charge on any atom is -0.480 e. The van der Waals surface area contributed by atoms with E-state index in [9.17, 15) is 19.8 Å². The van der Waals surface area contributed by atoms with Crippen molar-refractivity contribution in [1.82, 2.24) is 5.32 Å². The van der Waals surface area contributed by atoms with E-state index >= 15 is 0 Å². The second-order valence-electron chi connectivity index (χ2n) is 10.2. The summed E-state index contributed by atoms with van der Waals surface area (Å²) in [7, 11) is 0. The molecule has 36 heavy (non-hydrogen) atoms. The number of thioether (sulfide) groups is 1. The van der Waals surface area contributed by atoms with E-state index in [0.29, 0.717) is 17.7 Å². The Kier molecular flexibility index (Phi) is 11.3. The van der Waals surface area contributed by atoms with Crippen molar-refractivity contribution < 1.29 is 19.8 Å². The van der Waals surface area contributed by atoms with Gasteiger partial charge in [0, 0.05) is 12.2 Å². The number of nitrogens with one attached hydrogen (secondary N) is 1. The topological polar surface area (TPSA) is 86.6 Å². The van der Waals surface area contributed by atoms with Gasteiger partial charge in [-0.25, -0.2) is 4.79 Å². The molecule has 0 bridgehead atoms. The van der Waals surface area contributed by atoms with Gasteiger partial charge < -0.3 is 15.5 Å². The zero-order valence-electron chi connectivity index (χ0n) is 21.7. The van der Waals surface area contributed by atoms with Gasteiger partial charge in [-0.05, 0) is 78.4 Å². The second-order valence-corrected chi connectivity index (χ2v) is 11.2. The van der Waals surface area contributed by atoms with Crippen LogP contribution in [0.4, 0.5) is 0 Å². The molecule has 5 nitrogen and oxygen atoms in total. The van der Waals surface area contributed by atoms with Gasteiger partial charge in [0.2, 0.25) is 0 Å². The van der Waals surface area contributed by atoms with Crippen LogP contribution in [0.3, 0.4) is 0 Å². The average Bonchev–Trinajstić information content (AvgIpc) is 2.89. The summed E-state index contributed by atoms with van der Waals surface area (Å²) in [5.41, 5.74) is 4.39. The highest BCUT2D eigenvalue weighted by Gasteiger charge is 2.23. The first-order valence-electron chi connectivity index (χ1n) is 13.2. The predicted octanol–water partition coefficient (Wildman–Crippen LogP) is 6.11. The summed E-state index contributed by atoms with van der Waals surface area (Å²) >= 11 is 1.56. The molecule has 1 amide bonds. The molecule has 1 fully saturated rings. The van der Waals surface area contributed by atoms with Gasteiger partial charge in [0.25, 0.3) is 5.91 Å². The van der Waals surface area contributed by atoms with Gasteiger partial charge in [-0.2, -0.15) is 11.8 Å². The van der Waals surface area contributed by atoms with Crippen LogP contribution in [0.15, 0.2) is 42.5 Å². The molecule has 0 heterocycles. The number of rotatable bonds is 13. The zero-order valence-corrected chi connectivity index (χ0v) is 22.5. The molecule has 1 saturated carbocycles. The van der Waals surface area contributed by atoms with Crippen molar-refractivity contribution in [2.45, 2.75) is 70.8 Å². The molecule has 3 N–H and O–H groups in total. The Morgan fingerprint density at radius 1 is 1.06 bits per heavy atom. The van der Waals surface area contributed by atoms with E-state index in [1.54, 1.807) is 11.8 Å². The fourth-order valence-electron chi connectivity index (χ4n) is 5.28. The highest BCUT2D eigenvalue weighted by Crippen LogP contribution is 2.31. The normalized spacial score (nSPS) is 15.9. The number of hydrogen-bond donors (Lipinski definition) is 3. The second kappa shape index (κ2) is 14.4. The Morgan fingerprint density at radius 3 is 2.47 bits per heavy atom. The maximum absolute atomic E-state index is 13.3. The van der Waals surface area contributed by atoms with Crippen LogP contribution in [0.2, 0.25) is 0 Å². The molecule has 2 aromatic rings. The number of carbonyl (C=O) groups excluding carboxylic acids is 1. The third-order valence-corrected chi connectivity index (χ3v) is 8.11. The number of amides is 1. The number of carboxylic acid groups (broad SMARTS) is 1. The van der Waals surface area contributed by atoms with Crippen LogP contribution in [-0.4, -0.2) is 46.7 Å². The van der Waals surface area contributed by atoms with Crippen molar-refractivity contribution in [2.75, 3.05) is 18.6 Å². The fourth-order valence-corrected chi connectivity index (χ4v) is 5.75. The summed E-state index contributed by atoms with van der Waals surface area (Å²) in [6.07, 6.45) is 11.9. The molecule has 0 saturated heterocycles. The van der Waals surface area contributed by atoms with Crippen LogP contribution < -0.4 is 5.32 Å². The molecule has 2 atom stereocenters. The summed E-state index contributed by atoms with van der Waals surface area (Å²) in [4.78, 5) is 25.0. The van der Waals surface area contributed by atoms with E-state index in [2.05, 4.69) is 11.4 Å². The third kappa shape index (κ3) is 8.10. The maximum Gasteiger partial charge on any atom is 0.326 e. The Morgan fingerprint density at radius 2 is 1.81 bits per heavy atom. The molecule has 0 spiro atoms. The Labute approximate surface area is 220 Å². The van der Waals surface area contributed by atoms with Crippen molar-refractivity contribution in [3.63, 3.8) is 0 Å². The van der Waals surface area contributed by atoms with E-state index in [1.807, 2.05) is 49.6 Å². The summed E-state index contributed by atoms with van der Waals surface area (Å²) in [6.45, 7) is 2.17. The standard InChI is InChI=1S/C30H41NO4S/c1-21-8-6-7-11-25(21)27-19-23(18-24(20-32)13-12-22-9-4-3-5-10-22)14-15-26(27)29(33)31-28(30(34)35)16-17-36-2/h6-8,11,14-15,19,22,24,28,32H,3-5,9-10,12-13,16-18,20H2,1-2H3,(H,31,33)(H,34,35)/t24?,28-/m0/s1. The Balaban J connectivity index is 1.83. The molecule has 1 aliphatic rings. The maximum atomic E-state index is 13.3. The molecular weight excluding hydrogens is 470 g/mol. The summed E-state index contributed by atoms with van der Waals surface area (Å²) in [5, 5.41) is 22.4. The molecular formula is C30H41NO4S. The number of hydrogen-bond acceptors (Lipinski definition) is 4. The van der Waals surface area contributed by atoms with Crippen molar-refractivity contribution in [3.8, 4) is 11.1 Å². The predicted molar refractivity (Wildman–Crippen MR) is 149 cm³/mol. The van der Waals surface area contributed by atoms with Gasteiger partial charge >= 0.3 is 5.97 Å². The van der Waals surface area contributed by atoms with Crippen LogP contribution in [0, 0.1) is 18.8 Å². The Bertz CT molecular complexity index is 1000. The van der Waals surface area contributed by atoms with Crippen LogP contribution in [-0.2, 0) is 11.2 Å². The molecule has 1 aliphatic carbocycles. The van der Waals surface area contributed by atoms with Gasteiger partial charge in [0.05, 0.1) is 0 Å². The monoisotopic (exact) mass is 511 g/mol. The Hall–Kier alpha value is -2.31. The van der Waals surface area contributed by atoms with Gasteiger partial charge in [-0.15, -0.1) is 0 Å². The lowest BCUT2D eigenvalue weighted by Gasteiger charge is -2.24. The van der Waals surface area contributed by atoms with Crippen LogP contribution in [0.25, 0.3) is 11.1 Å². The van der Waals surface area contributed by atoms with Crippen LogP contribution in [0.1, 0.15) is 72.9 Å². The van der Waals surface area contributed by atoms with Crippen molar-refractivity contribution in [1.29, 1.82) is 0 Å². The molecule has 196 valence electrons. The fraction of sp³-hybridized carbons (Fsp3) is 0.533. The van der Waals surface area contributed by atoms with Crippen molar-refractivity contribution in [2.24, 2.45) is 11.8 Å². The van der Waals surface area contributed by atoms with E-state index < -0.39 is 12.0 Å². The quantitative estimate of drug-likeness (QED) is 0.302. The summed E-state index contributed by atoms with van der Waals surface area (Å²) < 4.78 is 0. The largest absolute Gasteiger partial charge is 0.480 e. The molecule has 2 aromatic carbocycles. The molecule has 1 unspecified atom stereocenters. The number of aliphatic hydroxyl groups excluding tert-OH is 1. The lowest BCUT2D eigenvalue weighted by Crippen LogP contribution is -2.41. The molecule has 0 radical (unpaired) electrons. The summed E-state index contributed by atoms with van der Waals surface area (Å²) in [5.74, 6) is 0.248. The van der Waals surface area contributed by atoms with Gasteiger partial charge in [-0.3, -0.25) is 4.79 Å². The third-order valence-electron chi connectivity index (χ3n) is 7.47. The highest BCUT2D eigenvalue weighted by atomic mass is 32.2. The minimum atomic E-state index is -1.02. The van der Waals surface area contributed by atoms with Crippen molar-refractivity contribution in [3.05, 3.63) is 59.2 Å².